The van der Waals surface area contributed by atoms with E-state index in [1.165, 1.54) is 12.8 Å². The smallest absolute Gasteiger partial charge is 0.251 e. The summed E-state index contributed by atoms with van der Waals surface area (Å²) >= 11 is 0. The number of benzene rings is 1. The monoisotopic (exact) mass is 328 g/mol. The van der Waals surface area contributed by atoms with Gasteiger partial charge >= 0.3 is 0 Å². The Labute approximate surface area is 143 Å². The van der Waals surface area contributed by atoms with Crippen LogP contribution in [-0.2, 0) is 0 Å². The molecule has 24 heavy (non-hydrogen) atoms. The van der Waals surface area contributed by atoms with Gasteiger partial charge in [0.25, 0.3) is 5.91 Å². The van der Waals surface area contributed by atoms with Crippen molar-refractivity contribution in [3.63, 3.8) is 0 Å². The summed E-state index contributed by atoms with van der Waals surface area (Å²) in [5.74, 6) is 1.58. The maximum atomic E-state index is 12.7. The Morgan fingerprint density at radius 2 is 2.25 bits per heavy atom. The third kappa shape index (κ3) is 3.96. The lowest BCUT2D eigenvalue weighted by Crippen LogP contribution is -2.53. The van der Waals surface area contributed by atoms with Crippen LogP contribution >= 0.6 is 0 Å². The van der Waals surface area contributed by atoms with E-state index in [-0.39, 0.29) is 11.4 Å². The third-order valence-electron chi connectivity index (χ3n) is 4.67. The molecule has 1 aliphatic rings. The molecule has 3 rings (SSSR count). The normalized spacial score (nSPS) is 19.6. The fourth-order valence-corrected chi connectivity index (χ4v) is 3.69. The van der Waals surface area contributed by atoms with Gasteiger partial charge in [-0.15, -0.1) is 0 Å². The van der Waals surface area contributed by atoms with Gasteiger partial charge in [-0.2, -0.15) is 0 Å². The summed E-state index contributed by atoms with van der Waals surface area (Å²) in [5, 5.41) is 3.19. The summed E-state index contributed by atoms with van der Waals surface area (Å²) in [7, 11) is 0. The molecule has 130 valence electrons. The Balaban J connectivity index is 1.67. The molecular weight excluding hydrogens is 300 g/mol. The molecule has 1 atom stereocenters. The highest BCUT2D eigenvalue weighted by Gasteiger charge is 2.26. The molecular formula is C19H28N4O. The third-order valence-corrected chi connectivity index (χ3v) is 4.67. The summed E-state index contributed by atoms with van der Waals surface area (Å²) < 4.78 is 0. The van der Waals surface area contributed by atoms with Gasteiger partial charge in [-0.1, -0.05) is 6.92 Å². The zero-order valence-corrected chi connectivity index (χ0v) is 15.1. The number of aryl methyl sites for hydroxylation is 1. The number of amides is 1. The first-order valence-corrected chi connectivity index (χ1v) is 8.84. The van der Waals surface area contributed by atoms with E-state index in [9.17, 15) is 4.79 Å². The average molecular weight is 328 g/mol. The lowest BCUT2D eigenvalue weighted by molar-refractivity contribution is 0.0863. The van der Waals surface area contributed by atoms with E-state index in [1.807, 2.05) is 25.1 Å². The second-order valence-corrected chi connectivity index (χ2v) is 7.87. The van der Waals surface area contributed by atoms with Crippen LogP contribution in [0, 0.1) is 12.8 Å². The van der Waals surface area contributed by atoms with Crippen LogP contribution in [-0.4, -0.2) is 45.9 Å². The Morgan fingerprint density at radius 1 is 1.46 bits per heavy atom. The zero-order valence-electron chi connectivity index (χ0n) is 15.1. The van der Waals surface area contributed by atoms with Gasteiger partial charge in [0, 0.05) is 24.2 Å². The van der Waals surface area contributed by atoms with E-state index in [0.717, 1.165) is 42.4 Å². The van der Waals surface area contributed by atoms with E-state index in [2.05, 4.69) is 41.0 Å². The van der Waals surface area contributed by atoms with Gasteiger partial charge < -0.3 is 15.2 Å². The summed E-state index contributed by atoms with van der Waals surface area (Å²) in [5.41, 5.74) is 2.21. The van der Waals surface area contributed by atoms with Crippen molar-refractivity contribution in [1.29, 1.82) is 0 Å². The molecule has 2 heterocycles. The van der Waals surface area contributed by atoms with Crippen molar-refractivity contribution < 1.29 is 4.79 Å². The number of carbonyl (C=O) groups excluding carboxylic acids is 1. The van der Waals surface area contributed by atoms with Crippen LogP contribution in [0.4, 0.5) is 0 Å². The Morgan fingerprint density at radius 3 is 3.00 bits per heavy atom. The van der Waals surface area contributed by atoms with Crippen LogP contribution in [0.15, 0.2) is 18.2 Å². The van der Waals surface area contributed by atoms with E-state index in [4.69, 9.17) is 0 Å². The van der Waals surface area contributed by atoms with Crippen LogP contribution in [0.1, 0.15) is 49.8 Å². The van der Waals surface area contributed by atoms with Gasteiger partial charge in [-0.05, 0) is 64.3 Å². The van der Waals surface area contributed by atoms with Crippen molar-refractivity contribution in [2.24, 2.45) is 5.92 Å². The van der Waals surface area contributed by atoms with Gasteiger partial charge in [0.15, 0.2) is 0 Å². The van der Waals surface area contributed by atoms with Crippen LogP contribution in [0.2, 0.25) is 0 Å². The number of aromatic amines is 1. The van der Waals surface area contributed by atoms with Crippen LogP contribution in [0.5, 0.6) is 0 Å². The van der Waals surface area contributed by atoms with Crippen LogP contribution in [0.25, 0.3) is 11.0 Å². The van der Waals surface area contributed by atoms with Crippen LogP contribution in [0.3, 0.4) is 0 Å². The topological polar surface area (TPSA) is 61.0 Å². The number of aromatic nitrogens is 2. The first-order valence-electron chi connectivity index (χ1n) is 8.84. The number of nitrogens with one attached hydrogen (secondary N) is 2. The van der Waals surface area contributed by atoms with Gasteiger partial charge in [0.1, 0.15) is 5.82 Å². The molecule has 1 aliphatic heterocycles. The number of nitrogens with zero attached hydrogens (tertiary/aromatic N) is 2. The minimum atomic E-state index is -0.257. The quantitative estimate of drug-likeness (QED) is 0.906. The summed E-state index contributed by atoms with van der Waals surface area (Å²) in [4.78, 5) is 22.7. The van der Waals surface area contributed by atoms with E-state index >= 15 is 0 Å². The number of hydrogen-bond donors (Lipinski definition) is 2. The second-order valence-electron chi connectivity index (χ2n) is 7.87. The molecule has 0 saturated carbocycles. The van der Waals surface area contributed by atoms with Crippen molar-refractivity contribution in [2.45, 2.75) is 46.1 Å². The molecule has 2 aromatic rings. The number of carbonyl (C=O) groups is 1. The summed E-state index contributed by atoms with van der Waals surface area (Å²) in [6, 6.07) is 5.62. The molecule has 0 spiro atoms. The predicted octanol–water partition coefficient (Wildman–Crippen LogP) is 3.11. The first-order chi connectivity index (χ1) is 11.3. The van der Waals surface area contributed by atoms with Gasteiger partial charge in [0.05, 0.1) is 11.0 Å². The lowest BCUT2D eigenvalue weighted by atomic mass is 9.97. The number of rotatable bonds is 4. The summed E-state index contributed by atoms with van der Waals surface area (Å²) in [6.07, 6.45) is 2.56. The molecule has 5 nitrogen and oxygen atoms in total. The fraction of sp³-hybridized carbons (Fsp3) is 0.579. The highest BCUT2D eigenvalue weighted by molar-refractivity contribution is 5.97. The van der Waals surface area contributed by atoms with Crippen molar-refractivity contribution in [3.8, 4) is 0 Å². The van der Waals surface area contributed by atoms with Crippen molar-refractivity contribution >= 4 is 16.9 Å². The standard InChI is InChI=1S/C19H28N4O/c1-13-6-5-9-23(11-13)12-19(3,4)22-18(24)15-7-8-16-17(10-15)21-14(2)20-16/h7-8,10,13H,5-6,9,11-12H2,1-4H3,(H,20,21)(H,22,24). The number of likely N-dealkylation sites (tertiary alicyclic amines) is 1. The highest BCUT2D eigenvalue weighted by Crippen LogP contribution is 2.19. The summed E-state index contributed by atoms with van der Waals surface area (Å²) in [6.45, 7) is 11.6. The average Bonchev–Trinajstić information content (AvgIpc) is 2.85. The zero-order chi connectivity index (χ0) is 17.3. The molecule has 0 bridgehead atoms. The van der Waals surface area contributed by atoms with Gasteiger partial charge in [0.2, 0.25) is 0 Å². The number of piperidine rings is 1. The number of fused-ring (bicyclic) bond motifs is 1. The van der Waals surface area contributed by atoms with E-state index in [1.54, 1.807) is 0 Å². The van der Waals surface area contributed by atoms with E-state index < -0.39 is 0 Å². The minimum absolute atomic E-state index is 0.0285. The van der Waals surface area contributed by atoms with Crippen molar-refractivity contribution in [2.75, 3.05) is 19.6 Å². The number of H-pyrrole nitrogens is 1. The molecule has 1 unspecified atom stereocenters. The molecule has 1 amide bonds. The van der Waals surface area contributed by atoms with Gasteiger partial charge in [-0.25, -0.2) is 4.98 Å². The Bertz CT molecular complexity index is 734. The van der Waals surface area contributed by atoms with Gasteiger partial charge in [-0.3, -0.25) is 4.79 Å². The predicted molar refractivity (Wildman–Crippen MR) is 97.2 cm³/mol. The largest absolute Gasteiger partial charge is 0.346 e. The molecule has 1 saturated heterocycles. The van der Waals surface area contributed by atoms with Crippen molar-refractivity contribution in [1.82, 2.24) is 20.2 Å². The van der Waals surface area contributed by atoms with E-state index in [0.29, 0.717) is 5.56 Å². The maximum Gasteiger partial charge on any atom is 0.251 e. The number of hydrogen-bond acceptors (Lipinski definition) is 3. The molecule has 5 heteroatoms. The molecule has 0 aliphatic carbocycles. The molecule has 1 fully saturated rings. The maximum absolute atomic E-state index is 12.7. The molecule has 0 radical (unpaired) electrons. The van der Waals surface area contributed by atoms with Crippen LogP contribution < -0.4 is 5.32 Å². The molecule has 2 N–H and O–H groups in total. The Kier molecular flexibility index (Phi) is 4.63. The first kappa shape index (κ1) is 17.0. The second kappa shape index (κ2) is 6.55. The fourth-order valence-electron chi connectivity index (χ4n) is 3.69. The molecule has 1 aromatic carbocycles. The Hall–Kier alpha value is -1.88. The number of imidazole rings is 1. The highest BCUT2D eigenvalue weighted by atomic mass is 16.1. The molecule has 1 aromatic heterocycles. The minimum Gasteiger partial charge on any atom is -0.346 e. The SMILES string of the molecule is Cc1nc2ccc(C(=O)NC(C)(C)CN3CCCC(C)C3)cc2[nH]1. The lowest BCUT2D eigenvalue weighted by Gasteiger charge is -2.37. The van der Waals surface area contributed by atoms with Crippen molar-refractivity contribution in [3.05, 3.63) is 29.6 Å².